The Morgan fingerprint density at radius 2 is 2.19 bits per heavy atom. The molecule has 0 bridgehead atoms. The first-order valence-electron chi connectivity index (χ1n) is 5.14. The lowest BCUT2D eigenvalue weighted by Crippen LogP contribution is -1.93. The molecule has 0 aliphatic heterocycles. The number of hydrogen-bond acceptors (Lipinski definition) is 3. The highest BCUT2D eigenvalue weighted by Crippen LogP contribution is 2.31. The maximum atomic E-state index is 13.9. The van der Waals surface area contributed by atoms with Gasteiger partial charge in [0, 0.05) is 5.56 Å². The first-order valence-corrected chi connectivity index (χ1v) is 5.14. The molecule has 4 heteroatoms. The summed E-state index contributed by atoms with van der Waals surface area (Å²) in [6.45, 7) is 3.64. The highest BCUT2D eigenvalue weighted by atomic mass is 19.1. The van der Waals surface area contributed by atoms with Crippen LogP contribution in [-0.4, -0.2) is 5.16 Å². The Morgan fingerprint density at radius 1 is 1.44 bits per heavy atom. The summed E-state index contributed by atoms with van der Waals surface area (Å²) >= 11 is 0. The molecular weight excluding hydrogens is 207 g/mol. The van der Waals surface area contributed by atoms with Gasteiger partial charge in [0.1, 0.15) is 5.82 Å². The van der Waals surface area contributed by atoms with Crippen LogP contribution in [0.1, 0.15) is 18.1 Å². The summed E-state index contributed by atoms with van der Waals surface area (Å²) in [5, 5.41) is 3.67. The minimum Gasteiger partial charge on any atom is -0.381 e. The van der Waals surface area contributed by atoms with Gasteiger partial charge in [-0.25, -0.2) is 4.39 Å². The molecule has 0 aliphatic rings. The molecule has 2 rings (SSSR count). The lowest BCUT2D eigenvalue weighted by molar-refractivity contribution is 0.432. The topological polar surface area (TPSA) is 52.0 Å². The Bertz CT molecular complexity index is 520. The van der Waals surface area contributed by atoms with Gasteiger partial charge in [-0.2, -0.15) is 0 Å². The van der Waals surface area contributed by atoms with Crippen molar-refractivity contribution in [3.63, 3.8) is 0 Å². The molecular formula is C12H13FN2O. The maximum Gasteiger partial charge on any atom is 0.175 e. The molecule has 0 fully saturated rings. The van der Waals surface area contributed by atoms with Crippen molar-refractivity contribution in [2.75, 3.05) is 5.73 Å². The molecule has 0 unspecified atom stereocenters. The van der Waals surface area contributed by atoms with Crippen LogP contribution in [0, 0.1) is 12.7 Å². The van der Waals surface area contributed by atoms with Crippen LogP contribution in [0.25, 0.3) is 11.3 Å². The number of anilines is 1. The predicted octanol–water partition coefficient (Wildman–Crippen LogP) is 2.93. The first-order chi connectivity index (χ1) is 7.65. The van der Waals surface area contributed by atoms with E-state index in [1.54, 1.807) is 25.1 Å². The lowest BCUT2D eigenvalue weighted by atomic mass is 10.0. The summed E-state index contributed by atoms with van der Waals surface area (Å²) in [5.41, 5.74) is 7.40. The Hall–Kier alpha value is -1.84. The van der Waals surface area contributed by atoms with Crippen molar-refractivity contribution in [2.24, 2.45) is 0 Å². The van der Waals surface area contributed by atoms with Gasteiger partial charge < -0.3 is 10.3 Å². The molecule has 1 heterocycles. The van der Waals surface area contributed by atoms with Gasteiger partial charge in [-0.05, 0) is 25.0 Å². The quantitative estimate of drug-likeness (QED) is 0.846. The highest BCUT2D eigenvalue weighted by molar-refractivity contribution is 5.67. The zero-order valence-electron chi connectivity index (χ0n) is 9.25. The largest absolute Gasteiger partial charge is 0.381 e. The molecule has 0 atom stereocenters. The van der Waals surface area contributed by atoms with Crippen molar-refractivity contribution in [3.8, 4) is 11.3 Å². The van der Waals surface area contributed by atoms with Crippen molar-refractivity contribution in [2.45, 2.75) is 20.3 Å². The number of aryl methyl sites for hydroxylation is 1. The maximum absolute atomic E-state index is 13.9. The van der Waals surface area contributed by atoms with E-state index >= 15 is 0 Å². The van der Waals surface area contributed by atoms with Crippen LogP contribution in [0.2, 0.25) is 0 Å². The van der Waals surface area contributed by atoms with Crippen LogP contribution in [0.5, 0.6) is 0 Å². The average molecular weight is 220 g/mol. The minimum atomic E-state index is -0.284. The van der Waals surface area contributed by atoms with Gasteiger partial charge in [-0.3, -0.25) is 0 Å². The molecule has 1 aromatic carbocycles. The summed E-state index contributed by atoms with van der Waals surface area (Å²) in [7, 11) is 0. The van der Waals surface area contributed by atoms with E-state index in [1.165, 1.54) is 0 Å². The number of benzene rings is 1. The molecule has 3 nitrogen and oxygen atoms in total. The fourth-order valence-electron chi connectivity index (χ4n) is 1.70. The molecule has 16 heavy (non-hydrogen) atoms. The molecule has 84 valence electrons. The second-order valence-corrected chi connectivity index (χ2v) is 3.67. The standard InChI is InChI=1S/C12H13FN2O/c1-3-8-11(16-15-12(8)14)9-6-4-5-7(2)10(9)13/h4-6H,3H2,1-2H3,(H2,14,15). The van der Waals surface area contributed by atoms with E-state index in [4.69, 9.17) is 10.3 Å². The van der Waals surface area contributed by atoms with Crippen LogP contribution in [0.4, 0.5) is 10.2 Å². The number of rotatable bonds is 2. The molecule has 1 aromatic heterocycles. The molecule has 0 spiro atoms. The number of halogens is 1. The van der Waals surface area contributed by atoms with E-state index in [0.29, 0.717) is 29.1 Å². The smallest absolute Gasteiger partial charge is 0.175 e. The zero-order chi connectivity index (χ0) is 11.7. The third-order valence-electron chi connectivity index (χ3n) is 2.61. The van der Waals surface area contributed by atoms with Crippen molar-refractivity contribution < 1.29 is 8.91 Å². The van der Waals surface area contributed by atoms with E-state index in [1.807, 2.05) is 6.92 Å². The molecule has 2 aromatic rings. The van der Waals surface area contributed by atoms with Gasteiger partial charge >= 0.3 is 0 Å². The number of nitrogens with zero attached hydrogens (tertiary/aromatic N) is 1. The average Bonchev–Trinajstić information content (AvgIpc) is 2.63. The lowest BCUT2D eigenvalue weighted by Gasteiger charge is -2.03. The molecule has 0 saturated carbocycles. The van der Waals surface area contributed by atoms with E-state index < -0.39 is 0 Å². The molecule has 0 amide bonds. The van der Waals surface area contributed by atoms with E-state index in [9.17, 15) is 4.39 Å². The van der Waals surface area contributed by atoms with Crippen LogP contribution in [0.15, 0.2) is 22.7 Å². The first kappa shape index (κ1) is 10.7. The summed E-state index contributed by atoms with van der Waals surface area (Å²) in [4.78, 5) is 0. The monoisotopic (exact) mass is 220 g/mol. The summed E-state index contributed by atoms with van der Waals surface area (Å²) in [6.07, 6.45) is 0.665. The summed E-state index contributed by atoms with van der Waals surface area (Å²) in [5.74, 6) is 0.480. The highest BCUT2D eigenvalue weighted by Gasteiger charge is 2.17. The van der Waals surface area contributed by atoms with Crippen LogP contribution < -0.4 is 5.73 Å². The second kappa shape index (κ2) is 3.96. The molecule has 0 saturated heterocycles. The van der Waals surface area contributed by atoms with E-state index in [0.717, 1.165) is 5.56 Å². The Balaban J connectivity index is 2.63. The molecule has 0 aliphatic carbocycles. The SMILES string of the molecule is CCc1c(N)noc1-c1cccc(C)c1F. The predicted molar refractivity (Wildman–Crippen MR) is 60.4 cm³/mol. The van der Waals surface area contributed by atoms with Gasteiger partial charge in [-0.1, -0.05) is 24.2 Å². The second-order valence-electron chi connectivity index (χ2n) is 3.67. The van der Waals surface area contributed by atoms with Crippen LogP contribution in [-0.2, 0) is 6.42 Å². The Kier molecular flexibility index (Phi) is 2.64. The Labute approximate surface area is 93.1 Å². The Morgan fingerprint density at radius 3 is 2.88 bits per heavy atom. The van der Waals surface area contributed by atoms with E-state index in [2.05, 4.69) is 5.16 Å². The fourth-order valence-corrected chi connectivity index (χ4v) is 1.70. The van der Waals surface area contributed by atoms with Crippen LogP contribution in [0.3, 0.4) is 0 Å². The van der Waals surface area contributed by atoms with Gasteiger partial charge in [0.2, 0.25) is 0 Å². The van der Waals surface area contributed by atoms with Crippen molar-refractivity contribution in [1.29, 1.82) is 0 Å². The zero-order valence-corrected chi connectivity index (χ0v) is 9.25. The van der Waals surface area contributed by atoms with Gasteiger partial charge in [0.15, 0.2) is 11.6 Å². The van der Waals surface area contributed by atoms with Gasteiger partial charge in [-0.15, -0.1) is 0 Å². The van der Waals surface area contributed by atoms with Crippen molar-refractivity contribution in [3.05, 3.63) is 35.1 Å². The number of hydrogen-bond donors (Lipinski definition) is 1. The van der Waals surface area contributed by atoms with Crippen molar-refractivity contribution >= 4 is 5.82 Å². The van der Waals surface area contributed by atoms with Gasteiger partial charge in [0.25, 0.3) is 0 Å². The summed E-state index contributed by atoms with van der Waals surface area (Å²) < 4.78 is 19.0. The number of nitrogens with two attached hydrogens (primary N) is 1. The molecule has 2 N–H and O–H groups in total. The third kappa shape index (κ3) is 1.56. The third-order valence-corrected chi connectivity index (χ3v) is 2.61. The number of aromatic nitrogens is 1. The minimum absolute atomic E-state index is 0.284. The normalized spacial score (nSPS) is 10.7. The summed E-state index contributed by atoms with van der Waals surface area (Å²) in [6, 6.07) is 5.16. The van der Waals surface area contributed by atoms with Gasteiger partial charge in [0.05, 0.1) is 5.56 Å². The van der Waals surface area contributed by atoms with Crippen molar-refractivity contribution in [1.82, 2.24) is 5.16 Å². The van der Waals surface area contributed by atoms with E-state index in [-0.39, 0.29) is 5.82 Å². The fraction of sp³-hybridized carbons (Fsp3) is 0.250. The molecule has 0 radical (unpaired) electrons. The van der Waals surface area contributed by atoms with Crippen LogP contribution >= 0.6 is 0 Å². The number of nitrogen functional groups attached to an aromatic ring is 1.